The van der Waals surface area contributed by atoms with Gasteiger partial charge in [0.15, 0.2) is 0 Å². The third-order valence-corrected chi connectivity index (χ3v) is 6.80. The van der Waals surface area contributed by atoms with Crippen molar-refractivity contribution in [2.45, 2.75) is 46.1 Å². The largest absolute Gasteiger partial charge is 0.332 e. The highest BCUT2D eigenvalue weighted by Crippen LogP contribution is 2.30. The Morgan fingerprint density at radius 3 is 2.42 bits per heavy atom. The van der Waals surface area contributed by atoms with Gasteiger partial charge in [-0.15, -0.1) is 0 Å². The smallest absolute Gasteiger partial charge is 0.326 e. The molecule has 0 radical (unpaired) electrons. The molecule has 1 saturated carbocycles. The van der Waals surface area contributed by atoms with Gasteiger partial charge in [0.05, 0.1) is 6.54 Å². The third kappa shape index (κ3) is 6.42. The monoisotopic (exact) mass is 532 g/mol. The summed E-state index contributed by atoms with van der Waals surface area (Å²) in [6, 6.07) is 13.3. The van der Waals surface area contributed by atoms with E-state index in [1.807, 2.05) is 44.2 Å². The normalized spacial score (nSPS) is 12.4. The highest BCUT2D eigenvalue weighted by Gasteiger charge is 2.29. The highest BCUT2D eigenvalue weighted by atomic mass is 35.5. The van der Waals surface area contributed by atoms with E-state index in [4.69, 9.17) is 11.6 Å². The van der Waals surface area contributed by atoms with Crippen LogP contribution in [0.15, 0.2) is 52.1 Å². The molecule has 1 heterocycles. The molecule has 2 N–H and O–H groups in total. The molecule has 1 aliphatic carbocycles. The lowest BCUT2D eigenvalue weighted by Crippen LogP contribution is -2.40. The van der Waals surface area contributed by atoms with Crippen LogP contribution in [0.2, 0.25) is 5.15 Å². The first-order valence-corrected chi connectivity index (χ1v) is 12.8. The summed E-state index contributed by atoms with van der Waals surface area (Å²) in [5.74, 6) is 5.66. The van der Waals surface area contributed by atoms with Gasteiger partial charge in [-0.1, -0.05) is 53.3 Å². The van der Waals surface area contributed by atoms with Gasteiger partial charge in [-0.2, -0.15) is 0 Å². The first kappa shape index (κ1) is 27.0. The molecule has 9 heteroatoms. The molecule has 0 saturated heterocycles. The van der Waals surface area contributed by atoms with E-state index >= 15 is 0 Å². The molecule has 3 aromatic rings. The van der Waals surface area contributed by atoms with Crippen LogP contribution in [-0.2, 0) is 29.6 Å². The van der Waals surface area contributed by atoms with E-state index < -0.39 is 11.2 Å². The Balaban J connectivity index is 1.47. The van der Waals surface area contributed by atoms with E-state index in [1.165, 1.54) is 7.05 Å². The van der Waals surface area contributed by atoms with Crippen LogP contribution in [0.3, 0.4) is 0 Å². The summed E-state index contributed by atoms with van der Waals surface area (Å²) < 4.78 is 2.03. The molecule has 2 aromatic carbocycles. The van der Waals surface area contributed by atoms with Gasteiger partial charge in [-0.05, 0) is 62.4 Å². The topological polar surface area (TPSA) is 102 Å². The van der Waals surface area contributed by atoms with Gasteiger partial charge in [-0.25, -0.2) is 4.79 Å². The first-order chi connectivity index (χ1) is 18.1. The Labute approximate surface area is 225 Å². The Morgan fingerprint density at radius 1 is 1.05 bits per heavy atom. The Kier molecular flexibility index (Phi) is 8.18. The number of anilines is 2. The number of hydrogen-bond acceptors (Lipinski definition) is 4. The fourth-order valence-corrected chi connectivity index (χ4v) is 4.14. The molecule has 8 nitrogen and oxygen atoms in total. The minimum Gasteiger partial charge on any atom is -0.326 e. The SMILES string of the molecule is Cc1ccc(CCC(=O)Nc2c(Cl)n(CC#Cc3ccc(NC(=O)C4CC4)c(C)c3)c(=O)n(C)c2=O)cc1. The number of aryl methyl sites for hydroxylation is 3. The summed E-state index contributed by atoms with van der Waals surface area (Å²) in [7, 11) is 1.32. The van der Waals surface area contributed by atoms with Crippen molar-refractivity contribution in [1.29, 1.82) is 0 Å². The molecule has 0 bridgehead atoms. The van der Waals surface area contributed by atoms with Crippen LogP contribution in [0, 0.1) is 31.6 Å². The summed E-state index contributed by atoms with van der Waals surface area (Å²) in [5.41, 5.74) is 2.96. The molecule has 1 aliphatic rings. The number of hydrogen-bond donors (Lipinski definition) is 2. The van der Waals surface area contributed by atoms with E-state index in [-0.39, 0.29) is 41.5 Å². The number of benzene rings is 2. The minimum atomic E-state index is -0.688. The number of halogens is 1. The Hall–Kier alpha value is -4.09. The van der Waals surface area contributed by atoms with E-state index in [0.717, 1.165) is 44.4 Å². The Morgan fingerprint density at radius 2 is 1.76 bits per heavy atom. The van der Waals surface area contributed by atoms with E-state index in [0.29, 0.717) is 12.0 Å². The van der Waals surface area contributed by atoms with Gasteiger partial charge < -0.3 is 10.6 Å². The van der Waals surface area contributed by atoms with Crippen molar-refractivity contribution >= 4 is 34.8 Å². The summed E-state index contributed by atoms with van der Waals surface area (Å²) in [5, 5.41) is 5.33. The van der Waals surface area contributed by atoms with Crippen LogP contribution >= 0.6 is 11.6 Å². The summed E-state index contributed by atoms with van der Waals surface area (Å²) >= 11 is 6.40. The average Bonchev–Trinajstić information content (AvgIpc) is 3.74. The third-order valence-electron chi connectivity index (χ3n) is 6.41. The molecule has 2 amide bonds. The average molecular weight is 533 g/mol. The van der Waals surface area contributed by atoms with E-state index in [2.05, 4.69) is 22.5 Å². The van der Waals surface area contributed by atoms with Gasteiger partial charge in [0.1, 0.15) is 10.8 Å². The predicted octanol–water partition coefficient (Wildman–Crippen LogP) is 3.79. The van der Waals surface area contributed by atoms with Crippen LogP contribution in [0.4, 0.5) is 11.4 Å². The fraction of sp³-hybridized carbons (Fsp3) is 0.310. The second kappa shape index (κ2) is 11.5. The predicted molar refractivity (Wildman–Crippen MR) is 148 cm³/mol. The molecule has 0 atom stereocenters. The van der Waals surface area contributed by atoms with Gasteiger partial charge in [-0.3, -0.25) is 23.5 Å². The second-order valence-electron chi connectivity index (χ2n) is 9.53. The number of amides is 2. The van der Waals surface area contributed by atoms with Gasteiger partial charge >= 0.3 is 5.69 Å². The minimum absolute atomic E-state index is 0.0358. The lowest BCUT2D eigenvalue weighted by molar-refractivity contribution is -0.117. The van der Waals surface area contributed by atoms with E-state index in [9.17, 15) is 19.2 Å². The second-order valence-corrected chi connectivity index (χ2v) is 9.89. The highest BCUT2D eigenvalue weighted by molar-refractivity contribution is 6.32. The van der Waals surface area contributed by atoms with Crippen molar-refractivity contribution < 1.29 is 9.59 Å². The fourth-order valence-electron chi connectivity index (χ4n) is 3.88. The summed E-state index contributed by atoms with van der Waals surface area (Å²) in [6.45, 7) is 3.79. The number of rotatable bonds is 7. The maximum absolute atomic E-state index is 12.7. The molecule has 0 unspecified atom stereocenters. The van der Waals surface area contributed by atoms with Crippen LogP contribution in [0.1, 0.15) is 41.5 Å². The maximum Gasteiger partial charge on any atom is 0.332 e. The quantitative estimate of drug-likeness (QED) is 0.357. The molecule has 38 heavy (non-hydrogen) atoms. The van der Waals surface area contributed by atoms with Gasteiger partial charge in [0.2, 0.25) is 11.8 Å². The summed E-state index contributed by atoms with van der Waals surface area (Å²) in [6.07, 6.45) is 2.51. The van der Waals surface area contributed by atoms with Crippen LogP contribution in [0.25, 0.3) is 0 Å². The molecular formula is C29H29ClN4O4. The van der Waals surface area contributed by atoms with Crippen LogP contribution < -0.4 is 21.9 Å². The number of carbonyl (C=O) groups is 2. The molecular weight excluding hydrogens is 504 g/mol. The van der Waals surface area contributed by atoms with Crippen LogP contribution in [0.5, 0.6) is 0 Å². The number of carbonyl (C=O) groups excluding carboxylic acids is 2. The van der Waals surface area contributed by atoms with Crippen molar-refractivity contribution in [3.8, 4) is 11.8 Å². The zero-order valence-electron chi connectivity index (χ0n) is 21.6. The number of nitrogens with zero attached hydrogens (tertiary/aromatic N) is 2. The van der Waals surface area contributed by atoms with Crippen molar-refractivity contribution in [3.05, 3.63) is 90.7 Å². The molecule has 196 valence electrons. The summed E-state index contributed by atoms with van der Waals surface area (Å²) in [4.78, 5) is 50.0. The van der Waals surface area contributed by atoms with Crippen molar-refractivity contribution in [3.63, 3.8) is 0 Å². The molecule has 4 rings (SSSR count). The van der Waals surface area contributed by atoms with E-state index in [1.54, 1.807) is 12.1 Å². The van der Waals surface area contributed by atoms with Crippen molar-refractivity contribution in [2.24, 2.45) is 13.0 Å². The lowest BCUT2D eigenvalue weighted by atomic mass is 10.1. The first-order valence-electron chi connectivity index (χ1n) is 12.4. The molecule has 0 spiro atoms. The zero-order chi connectivity index (χ0) is 27.4. The van der Waals surface area contributed by atoms with Gasteiger partial charge in [0.25, 0.3) is 5.56 Å². The zero-order valence-corrected chi connectivity index (χ0v) is 22.3. The molecule has 1 fully saturated rings. The van der Waals surface area contributed by atoms with Gasteiger partial charge in [0, 0.05) is 30.6 Å². The van der Waals surface area contributed by atoms with Crippen molar-refractivity contribution in [1.82, 2.24) is 9.13 Å². The van der Waals surface area contributed by atoms with Crippen molar-refractivity contribution in [2.75, 3.05) is 10.6 Å². The lowest BCUT2D eigenvalue weighted by Gasteiger charge is -2.13. The van der Waals surface area contributed by atoms with Crippen LogP contribution in [-0.4, -0.2) is 20.9 Å². The molecule has 1 aromatic heterocycles. The molecule has 0 aliphatic heterocycles. The maximum atomic E-state index is 12.7. The number of aromatic nitrogens is 2. The Bertz CT molecular complexity index is 1570. The number of nitrogens with one attached hydrogen (secondary N) is 2. The standard InChI is InChI=1S/C29H29ClN4O4/c1-18-6-8-20(9-7-18)11-15-24(35)32-25-26(30)34(29(38)33(3)28(25)37)16-4-5-21-10-14-23(19(2)17-21)31-27(36)22-12-13-22/h6-10,14,17,22H,11-13,15-16H2,1-3H3,(H,31,36)(H,32,35).